The van der Waals surface area contributed by atoms with Crippen LogP contribution in [-0.2, 0) is 5.41 Å². The average Bonchev–Trinajstić information content (AvgIpc) is 2.80. The third kappa shape index (κ3) is 2.71. The maximum Gasteiger partial charge on any atom is 0.206 e. The average molecular weight is 278 g/mol. The van der Waals surface area contributed by atoms with Crippen LogP contribution in [-0.4, -0.2) is 15.4 Å². The van der Waals surface area contributed by atoms with E-state index in [2.05, 4.69) is 9.59 Å². The van der Waals surface area contributed by atoms with Crippen molar-refractivity contribution in [2.45, 2.75) is 33.1 Å². The molecule has 0 bridgehead atoms. The summed E-state index contributed by atoms with van der Waals surface area (Å²) in [6.07, 6.45) is 0. The van der Waals surface area contributed by atoms with Gasteiger partial charge < -0.3 is 0 Å². The number of aryl methyl sites for hydroxylation is 1. The molecule has 0 aliphatic carbocycles. The molecule has 0 fully saturated rings. The van der Waals surface area contributed by atoms with E-state index in [9.17, 15) is 9.18 Å². The van der Waals surface area contributed by atoms with Gasteiger partial charge in [-0.3, -0.25) is 4.79 Å². The second-order valence-electron chi connectivity index (χ2n) is 5.49. The van der Waals surface area contributed by atoms with Crippen molar-refractivity contribution in [1.82, 2.24) is 9.59 Å². The number of benzene rings is 1. The lowest BCUT2D eigenvalue weighted by atomic mass is 9.90. The van der Waals surface area contributed by atoms with E-state index in [1.165, 1.54) is 6.07 Å². The molecule has 5 heteroatoms. The first kappa shape index (κ1) is 13.8. The van der Waals surface area contributed by atoms with Gasteiger partial charge in [-0.05, 0) is 30.1 Å². The quantitative estimate of drug-likeness (QED) is 0.789. The molecule has 0 spiro atoms. The maximum absolute atomic E-state index is 13.5. The van der Waals surface area contributed by atoms with Crippen LogP contribution in [0.5, 0.6) is 0 Å². The lowest BCUT2D eigenvalue weighted by Gasteiger charge is -2.15. The molecule has 2 rings (SSSR count). The van der Waals surface area contributed by atoms with E-state index in [1.54, 1.807) is 19.1 Å². The van der Waals surface area contributed by atoms with E-state index in [0.29, 0.717) is 21.7 Å². The minimum Gasteiger partial charge on any atom is -0.288 e. The summed E-state index contributed by atoms with van der Waals surface area (Å²) in [5.74, 6) is -0.598. The molecule has 1 heterocycles. The Morgan fingerprint density at radius 2 is 2.00 bits per heavy atom. The zero-order valence-electron chi connectivity index (χ0n) is 11.3. The predicted octanol–water partition coefficient (Wildman–Crippen LogP) is 3.51. The molecule has 1 aromatic carbocycles. The van der Waals surface area contributed by atoms with Gasteiger partial charge in [0.05, 0.1) is 5.69 Å². The Balaban J connectivity index is 2.45. The molecule has 0 aliphatic heterocycles. The van der Waals surface area contributed by atoms with Gasteiger partial charge in [-0.1, -0.05) is 37.4 Å². The lowest BCUT2D eigenvalue weighted by Crippen LogP contribution is -2.16. The molecule has 0 saturated carbocycles. The van der Waals surface area contributed by atoms with E-state index >= 15 is 0 Å². The fourth-order valence-electron chi connectivity index (χ4n) is 1.70. The number of halogens is 1. The number of aromatic nitrogens is 2. The van der Waals surface area contributed by atoms with Crippen molar-refractivity contribution in [1.29, 1.82) is 0 Å². The van der Waals surface area contributed by atoms with Gasteiger partial charge in [0.15, 0.2) is 0 Å². The molecule has 0 atom stereocenters. The Bertz CT molecular complexity index is 629. The summed E-state index contributed by atoms with van der Waals surface area (Å²) < 4.78 is 17.4. The summed E-state index contributed by atoms with van der Waals surface area (Å²) in [6, 6.07) is 4.50. The van der Waals surface area contributed by atoms with Crippen LogP contribution in [0.1, 0.15) is 47.3 Å². The van der Waals surface area contributed by atoms with E-state index in [4.69, 9.17) is 0 Å². The van der Waals surface area contributed by atoms with Gasteiger partial charge in [0.1, 0.15) is 10.7 Å². The van der Waals surface area contributed by atoms with Crippen LogP contribution in [0.25, 0.3) is 0 Å². The Labute approximate surface area is 115 Å². The largest absolute Gasteiger partial charge is 0.288 e. The van der Waals surface area contributed by atoms with Gasteiger partial charge in [0.25, 0.3) is 0 Å². The number of nitrogens with zero attached hydrogens (tertiary/aromatic N) is 2. The summed E-state index contributed by atoms with van der Waals surface area (Å²) in [7, 11) is 0. The van der Waals surface area contributed by atoms with Crippen molar-refractivity contribution in [2.24, 2.45) is 0 Å². The number of hydrogen-bond acceptors (Lipinski definition) is 4. The number of carbonyl (C=O) groups excluding carboxylic acids is 1. The second kappa shape index (κ2) is 4.81. The SMILES string of the molecule is Cc1ccc(C(=O)c2snnc2C(C)(C)C)cc1F. The van der Waals surface area contributed by atoms with E-state index in [0.717, 1.165) is 11.5 Å². The van der Waals surface area contributed by atoms with Gasteiger partial charge in [-0.15, -0.1) is 5.10 Å². The Hall–Kier alpha value is -1.62. The number of carbonyl (C=O) groups is 1. The third-order valence-electron chi connectivity index (χ3n) is 2.84. The van der Waals surface area contributed by atoms with Crippen molar-refractivity contribution < 1.29 is 9.18 Å². The minimum atomic E-state index is -0.374. The fourth-order valence-corrected chi connectivity index (χ4v) is 2.53. The Kier molecular flexibility index (Phi) is 3.49. The molecule has 2 aromatic rings. The van der Waals surface area contributed by atoms with Gasteiger partial charge in [0.2, 0.25) is 5.78 Å². The Morgan fingerprint density at radius 3 is 2.58 bits per heavy atom. The highest BCUT2D eigenvalue weighted by Crippen LogP contribution is 2.28. The monoisotopic (exact) mass is 278 g/mol. The molecule has 19 heavy (non-hydrogen) atoms. The van der Waals surface area contributed by atoms with Gasteiger partial charge in [-0.25, -0.2) is 4.39 Å². The molecule has 3 nitrogen and oxygen atoms in total. The van der Waals surface area contributed by atoms with Crippen LogP contribution < -0.4 is 0 Å². The smallest absolute Gasteiger partial charge is 0.206 e. The first-order valence-corrected chi connectivity index (χ1v) is 6.71. The van der Waals surface area contributed by atoms with Crippen LogP contribution in [0.2, 0.25) is 0 Å². The molecular formula is C14H15FN2OS. The number of ketones is 1. The zero-order valence-corrected chi connectivity index (χ0v) is 12.1. The molecule has 0 aliphatic rings. The summed E-state index contributed by atoms with van der Waals surface area (Å²) in [5.41, 5.74) is 1.25. The number of hydrogen-bond donors (Lipinski definition) is 0. The van der Waals surface area contributed by atoms with E-state index in [1.807, 2.05) is 20.8 Å². The summed E-state index contributed by atoms with van der Waals surface area (Å²) in [5, 5.41) is 4.03. The molecule has 0 unspecified atom stereocenters. The van der Waals surface area contributed by atoms with Crippen molar-refractivity contribution in [2.75, 3.05) is 0 Å². The van der Waals surface area contributed by atoms with Gasteiger partial charge >= 0.3 is 0 Å². The standard InChI is InChI=1S/C14H15FN2OS/c1-8-5-6-9(7-10(8)15)11(18)12-13(14(2,3)4)16-17-19-12/h5-7H,1-4H3. The van der Waals surface area contributed by atoms with Crippen LogP contribution in [0, 0.1) is 12.7 Å². The topological polar surface area (TPSA) is 42.9 Å². The highest BCUT2D eigenvalue weighted by Gasteiger charge is 2.27. The van der Waals surface area contributed by atoms with Gasteiger partial charge in [0, 0.05) is 11.0 Å². The lowest BCUT2D eigenvalue weighted by molar-refractivity contribution is 0.104. The summed E-state index contributed by atoms with van der Waals surface area (Å²) >= 11 is 1.06. The minimum absolute atomic E-state index is 0.223. The Morgan fingerprint density at radius 1 is 1.32 bits per heavy atom. The van der Waals surface area contributed by atoms with Crippen LogP contribution in [0.15, 0.2) is 18.2 Å². The van der Waals surface area contributed by atoms with Crippen LogP contribution in [0.4, 0.5) is 4.39 Å². The van der Waals surface area contributed by atoms with Crippen molar-refractivity contribution in [3.8, 4) is 0 Å². The molecule has 0 amide bonds. The molecule has 0 N–H and O–H groups in total. The predicted molar refractivity (Wildman–Crippen MR) is 73.2 cm³/mol. The van der Waals surface area contributed by atoms with Crippen molar-refractivity contribution in [3.05, 3.63) is 45.7 Å². The van der Waals surface area contributed by atoms with Crippen molar-refractivity contribution in [3.63, 3.8) is 0 Å². The molecule has 1 aromatic heterocycles. The van der Waals surface area contributed by atoms with E-state index in [-0.39, 0.29) is 17.0 Å². The van der Waals surface area contributed by atoms with Gasteiger partial charge in [-0.2, -0.15) is 0 Å². The van der Waals surface area contributed by atoms with E-state index < -0.39 is 0 Å². The fraction of sp³-hybridized carbons (Fsp3) is 0.357. The summed E-state index contributed by atoms with van der Waals surface area (Å²) in [4.78, 5) is 12.9. The maximum atomic E-state index is 13.5. The first-order valence-electron chi connectivity index (χ1n) is 5.94. The van der Waals surface area contributed by atoms with Crippen LogP contribution >= 0.6 is 11.5 Å². The molecular weight excluding hydrogens is 263 g/mol. The summed E-state index contributed by atoms with van der Waals surface area (Å²) in [6.45, 7) is 7.57. The van der Waals surface area contributed by atoms with Crippen molar-refractivity contribution >= 4 is 17.3 Å². The normalized spacial score (nSPS) is 11.6. The first-order chi connectivity index (χ1) is 8.80. The third-order valence-corrected chi connectivity index (χ3v) is 3.56. The number of rotatable bonds is 2. The highest BCUT2D eigenvalue weighted by atomic mass is 32.1. The molecule has 100 valence electrons. The second-order valence-corrected chi connectivity index (χ2v) is 6.25. The van der Waals surface area contributed by atoms with Crippen LogP contribution in [0.3, 0.4) is 0 Å². The molecule has 0 saturated heterocycles. The zero-order chi connectivity index (χ0) is 14.2. The highest BCUT2D eigenvalue weighted by molar-refractivity contribution is 7.08. The molecule has 0 radical (unpaired) electrons.